The minimum atomic E-state index is -0.427. The number of nitrogens with zero attached hydrogens (tertiary/aromatic N) is 1. The molecule has 0 radical (unpaired) electrons. The van der Waals surface area contributed by atoms with Crippen LogP contribution in [0.15, 0.2) is 42.5 Å². The fourth-order valence-corrected chi connectivity index (χ4v) is 4.04. The first kappa shape index (κ1) is 14.7. The number of carbonyl (C=O) groups excluding carboxylic acids is 1. The highest BCUT2D eigenvalue weighted by Gasteiger charge is 2.36. The summed E-state index contributed by atoms with van der Waals surface area (Å²) in [4.78, 5) is 13.6. The summed E-state index contributed by atoms with van der Waals surface area (Å²) in [6.07, 6.45) is 0. The van der Waals surface area contributed by atoms with E-state index >= 15 is 0 Å². The number of thioether (sulfide) groups is 1. The van der Waals surface area contributed by atoms with Gasteiger partial charge in [0.25, 0.3) is 0 Å². The summed E-state index contributed by atoms with van der Waals surface area (Å²) >= 11 is 13.5. The fourth-order valence-electron chi connectivity index (χ4n) is 2.26. The van der Waals surface area contributed by atoms with Crippen molar-refractivity contribution < 1.29 is 9.18 Å². The van der Waals surface area contributed by atoms with E-state index in [4.69, 9.17) is 23.2 Å². The lowest BCUT2D eigenvalue weighted by Crippen LogP contribution is -2.28. The number of carbonyl (C=O) groups is 1. The lowest BCUT2D eigenvalue weighted by Gasteiger charge is -2.25. The van der Waals surface area contributed by atoms with Gasteiger partial charge in [0.1, 0.15) is 11.2 Å². The molecule has 2 nitrogen and oxygen atoms in total. The van der Waals surface area contributed by atoms with Crippen LogP contribution in [0.5, 0.6) is 0 Å². The van der Waals surface area contributed by atoms with Gasteiger partial charge < -0.3 is 0 Å². The normalized spacial score (nSPS) is 18.3. The van der Waals surface area contributed by atoms with E-state index in [9.17, 15) is 9.18 Å². The summed E-state index contributed by atoms with van der Waals surface area (Å²) < 4.78 is 14.0. The maximum atomic E-state index is 14.0. The highest BCUT2D eigenvalue weighted by molar-refractivity contribution is 8.00. The third kappa shape index (κ3) is 2.76. The van der Waals surface area contributed by atoms with Crippen LogP contribution in [0.4, 0.5) is 10.1 Å². The third-order valence-electron chi connectivity index (χ3n) is 3.21. The molecule has 0 bridgehead atoms. The molecule has 2 aromatic rings. The van der Waals surface area contributed by atoms with Gasteiger partial charge in [0, 0.05) is 15.6 Å². The van der Waals surface area contributed by atoms with Crippen molar-refractivity contribution in [1.29, 1.82) is 0 Å². The van der Waals surface area contributed by atoms with Gasteiger partial charge in [0.05, 0.1) is 11.4 Å². The minimum absolute atomic E-state index is 0.138. The SMILES string of the molecule is O=C1CSC(c2ccc(Cl)cc2Cl)N1c1ccccc1F. The number of anilines is 1. The number of hydrogen-bond donors (Lipinski definition) is 0. The van der Waals surface area contributed by atoms with Gasteiger partial charge in [-0.1, -0.05) is 41.4 Å². The Morgan fingerprint density at radius 2 is 1.95 bits per heavy atom. The first-order chi connectivity index (χ1) is 10.1. The molecule has 1 aliphatic heterocycles. The third-order valence-corrected chi connectivity index (χ3v) is 4.96. The second-order valence-corrected chi connectivity index (χ2v) is 6.46. The Morgan fingerprint density at radius 3 is 2.67 bits per heavy atom. The molecule has 0 aliphatic carbocycles. The van der Waals surface area contributed by atoms with Gasteiger partial charge in [-0.05, 0) is 24.3 Å². The van der Waals surface area contributed by atoms with Crippen LogP contribution < -0.4 is 4.90 Å². The predicted octanol–water partition coefficient (Wildman–Crippen LogP) is 4.91. The molecule has 6 heteroatoms. The first-order valence-corrected chi connectivity index (χ1v) is 8.01. The van der Waals surface area contributed by atoms with Crippen molar-refractivity contribution >= 4 is 46.6 Å². The van der Waals surface area contributed by atoms with Gasteiger partial charge in [-0.2, -0.15) is 0 Å². The molecule has 108 valence electrons. The summed E-state index contributed by atoms with van der Waals surface area (Å²) in [5.41, 5.74) is 1.02. The standard InChI is InChI=1S/C15H10Cl2FNOS/c16-9-5-6-10(11(17)7-9)15-19(14(20)8-21-15)13-4-2-1-3-12(13)18/h1-7,15H,8H2. The molecule has 0 aromatic heterocycles. The van der Waals surface area contributed by atoms with Crippen molar-refractivity contribution in [3.8, 4) is 0 Å². The molecule has 3 rings (SSSR count). The van der Waals surface area contributed by atoms with E-state index in [1.165, 1.54) is 22.7 Å². The van der Waals surface area contributed by atoms with Crippen LogP contribution in [0.1, 0.15) is 10.9 Å². The largest absolute Gasteiger partial charge is 0.292 e. The Kier molecular flexibility index (Phi) is 4.11. The van der Waals surface area contributed by atoms with Crippen LogP contribution in [0.25, 0.3) is 0 Å². The summed E-state index contributed by atoms with van der Waals surface area (Å²) in [7, 11) is 0. The highest BCUT2D eigenvalue weighted by atomic mass is 35.5. The molecular formula is C15H10Cl2FNOS. The summed E-state index contributed by atoms with van der Waals surface area (Å²) in [6, 6.07) is 11.3. The summed E-state index contributed by atoms with van der Waals surface area (Å²) in [5.74, 6) is -0.276. The molecule has 0 spiro atoms. The molecule has 1 atom stereocenters. The number of benzene rings is 2. The van der Waals surface area contributed by atoms with Crippen molar-refractivity contribution in [3.05, 3.63) is 63.9 Å². The minimum Gasteiger partial charge on any atom is -0.292 e. The Morgan fingerprint density at radius 1 is 1.19 bits per heavy atom. The topological polar surface area (TPSA) is 20.3 Å². The van der Waals surface area contributed by atoms with Gasteiger partial charge >= 0.3 is 0 Å². The lowest BCUT2D eigenvalue weighted by atomic mass is 10.2. The Bertz CT molecular complexity index is 710. The molecule has 21 heavy (non-hydrogen) atoms. The van der Waals surface area contributed by atoms with Gasteiger partial charge in [-0.25, -0.2) is 4.39 Å². The highest BCUT2D eigenvalue weighted by Crippen LogP contribution is 2.44. The molecule has 2 aromatic carbocycles. The second-order valence-electron chi connectivity index (χ2n) is 4.54. The zero-order valence-electron chi connectivity index (χ0n) is 10.7. The zero-order valence-corrected chi connectivity index (χ0v) is 13.1. The number of rotatable bonds is 2. The first-order valence-electron chi connectivity index (χ1n) is 6.21. The van der Waals surface area contributed by atoms with E-state index in [-0.39, 0.29) is 22.7 Å². The molecule has 1 heterocycles. The van der Waals surface area contributed by atoms with E-state index in [0.29, 0.717) is 10.0 Å². The van der Waals surface area contributed by atoms with E-state index in [1.54, 1.807) is 36.4 Å². The van der Waals surface area contributed by atoms with E-state index in [0.717, 1.165) is 5.56 Å². The van der Waals surface area contributed by atoms with Crippen LogP contribution in [0.3, 0.4) is 0 Å². The fraction of sp³-hybridized carbons (Fsp3) is 0.133. The number of amides is 1. The van der Waals surface area contributed by atoms with Crippen molar-refractivity contribution in [1.82, 2.24) is 0 Å². The number of para-hydroxylation sites is 1. The summed E-state index contributed by atoms with van der Waals surface area (Å²) in [5, 5.41) is 0.644. The van der Waals surface area contributed by atoms with E-state index < -0.39 is 5.82 Å². The zero-order chi connectivity index (χ0) is 15.0. The van der Waals surface area contributed by atoms with Crippen molar-refractivity contribution in [2.45, 2.75) is 5.37 Å². The second kappa shape index (κ2) is 5.87. The van der Waals surface area contributed by atoms with Crippen LogP contribution in [0.2, 0.25) is 10.0 Å². The van der Waals surface area contributed by atoms with Crippen LogP contribution in [0, 0.1) is 5.82 Å². The molecular weight excluding hydrogens is 332 g/mol. The maximum absolute atomic E-state index is 14.0. The van der Waals surface area contributed by atoms with Crippen molar-refractivity contribution in [2.24, 2.45) is 0 Å². The van der Waals surface area contributed by atoms with Crippen molar-refractivity contribution in [3.63, 3.8) is 0 Å². The number of hydrogen-bond acceptors (Lipinski definition) is 2. The van der Waals surface area contributed by atoms with Crippen molar-refractivity contribution in [2.75, 3.05) is 10.7 Å². The monoisotopic (exact) mass is 341 g/mol. The van der Waals surface area contributed by atoms with E-state index in [1.807, 2.05) is 0 Å². The molecule has 1 saturated heterocycles. The molecule has 0 N–H and O–H groups in total. The Balaban J connectivity index is 2.06. The molecule has 0 saturated carbocycles. The predicted molar refractivity (Wildman–Crippen MR) is 85.5 cm³/mol. The Labute approximate surface area is 135 Å². The average Bonchev–Trinajstić information content (AvgIpc) is 2.81. The molecule has 1 unspecified atom stereocenters. The van der Waals surface area contributed by atoms with Crippen LogP contribution in [-0.2, 0) is 4.79 Å². The van der Waals surface area contributed by atoms with Crippen LogP contribution >= 0.6 is 35.0 Å². The molecule has 1 aliphatic rings. The van der Waals surface area contributed by atoms with Gasteiger partial charge in [0.2, 0.25) is 5.91 Å². The van der Waals surface area contributed by atoms with Gasteiger partial charge in [0.15, 0.2) is 0 Å². The van der Waals surface area contributed by atoms with E-state index in [2.05, 4.69) is 0 Å². The quantitative estimate of drug-likeness (QED) is 0.773. The number of halogens is 3. The van der Waals surface area contributed by atoms with Crippen LogP contribution in [-0.4, -0.2) is 11.7 Å². The van der Waals surface area contributed by atoms with Gasteiger partial charge in [-0.15, -0.1) is 11.8 Å². The maximum Gasteiger partial charge on any atom is 0.238 e. The molecule has 1 fully saturated rings. The van der Waals surface area contributed by atoms with Gasteiger partial charge in [-0.3, -0.25) is 9.69 Å². The smallest absolute Gasteiger partial charge is 0.238 e. The lowest BCUT2D eigenvalue weighted by molar-refractivity contribution is -0.115. The molecule has 1 amide bonds. The Hall–Kier alpha value is -1.23. The summed E-state index contributed by atoms with van der Waals surface area (Å²) in [6.45, 7) is 0. The average molecular weight is 342 g/mol.